The minimum atomic E-state index is 0.150. The molecule has 21 heavy (non-hydrogen) atoms. The number of hydrogen-bond acceptors (Lipinski definition) is 4. The summed E-state index contributed by atoms with van der Waals surface area (Å²) in [5.74, 6) is 6.48. The monoisotopic (exact) mass is 358 g/mol. The minimum absolute atomic E-state index is 0.150. The second-order valence-corrected chi connectivity index (χ2v) is 6.70. The van der Waals surface area contributed by atoms with Gasteiger partial charge < -0.3 is 4.74 Å². The van der Waals surface area contributed by atoms with Crippen LogP contribution in [0.3, 0.4) is 0 Å². The third-order valence-electron chi connectivity index (χ3n) is 4.44. The van der Waals surface area contributed by atoms with E-state index in [1.165, 1.54) is 44.9 Å². The van der Waals surface area contributed by atoms with Gasteiger partial charge in [-0.2, -0.15) is 5.10 Å². The standard InChI is InChI=1S/C15H27BrN4O/c1-21-10-9-20-15(13(16)11-18-20)14(19-17)12-7-5-3-2-4-6-8-12/h11-12,14,19H,2-10,17H2,1H3. The van der Waals surface area contributed by atoms with E-state index in [9.17, 15) is 0 Å². The van der Waals surface area contributed by atoms with Crippen LogP contribution in [0.1, 0.15) is 56.7 Å². The van der Waals surface area contributed by atoms with E-state index >= 15 is 0 Å². The molecule has 1 aromatic rings. The number of nitrogens with zero attached hydrogens (tertiary/aromatic N) is 2. The van der Waals surface area contributed by atoms with Gasteiger partial charge in [0.05, 0.1) is 35.6 Å². The van der Waals surface area contributed by atoms with E-state index in [1.54, 1.807) is 7.11 Å². The predicted molar refractivity (Wildman–Crippen MR) is 87.7 cm³/mol. The number of nitrogens with two attached hydrogens (primary N) is 1. The lowest BCUT2D eigenvalue weighted by Gasteiger charge is -2.29. The zero-order valence-electron chi connectivity index (χ0n) is 12.9. The average molecular weight is 359 g/mol. The van der Waals surface area contributed by atoms with Gasteiger partial charge in [-0.15, -0.1) is 0 Å². The molecule has 0 radical (unpaired) electrons. The van der Waals surface area contributed by atoms with Gasteiger partial charge >= 0.3 is 0 Å². The third-order valence-corrected chi connectivity index (χ3v) is 5.05. The summed E-state index contributed by atoms with van der Waals surface area (Å²) in [5, 5.41) is 4.45. The zero-order valence-corrected chi connectivity index (χ0v) is 14.4. The van der Waals surface area contributed by atoms with E-state index in [-0.39, 0.29) is 6.04 Å². The van der Waals surface area contributed by atoms with Crippen molar-refractivity contribution in [2.24, 2.45) is 11.8 Å². The molecule has 1 unspecified atom stereocenters. The van der Waals surface area contributed by atoms with Gasteiger partial charge in [0.15, 0.2) is 0 Å². The number of nitrogens with one attached hydrogen (secondary N) is 1. The first-order valence-electron chi connectivity index (χ1n) is 7.94. The smallest absolute Gasteiger partial charge is 0.0713 e. The molecule has 3 N–H and O–H groups in total. The maximum atomic E-state index is 5.91. The number of hydrogen-bond donors (Lipinski definition) is 2. The van der Waals surface area contributed by atoms with Crippen molar-refractivity contribution in [3.8, 4) is 0 Å². The molecule has 1 aliphatic carbocycles. The molecule has 1 heterocycles. The summed E-state index contributed by atoms with van der Waals surface area (Å²) in [5.41, 5.74) is 4.20. The Bertz CT molecular complexity index is 416. The van der Waals surface area contributed by atoms with Crippen LogP contribution in [-0.2, 0) is 11.3 Å². The summed E-state index contributed by atoms with van der Waals surface area (Å²) in [7, 11) is 1.71. The molecule has 1 aliphatic rings. The Balaban J connectivity index is 2.16. The molecule has 0 amide bonds. The fraction of sp³-hybridized carbons (Fsp3) is 0.800. The van der Waals surface area contributed by atoms with E-state index < -0.39 is 0 Å². The molecule has 0 aromatic carbocycles. The fourth-order valence-electron chi connectivity index (χ4n) is 3.30. The Kier molecular flexibility index (Phi) is 7.16. The third kappa shape index (κ3) is 4.52. The molecule has 5 nitrogen and oxygen atoms in total. The van der Waals surface area contributed by atoms with Gasteiger partial charge in [-0.3, -0.25) is 16.0 Å². The molecule has 1 aromatic heterocycles. The van der Waals surface area contributed by atoms with E-state index in [0.717, 1.165) is 16.7 Å². The minimum Gasteiger partial charge on any atom is -0.383 e. The molecule has 1 fully saturated rings. The molecule has 1 saturated carbocycles. The molecule has 120 valence electrons. The van der Waals surface area contributed by atoms with Crippen LogP contribution in [-0.4, -0.2) is 23.5 Å². The quantitative estimate of drug-likeness (QED) is 0.605. The van der Waals surface area contributed by atoms with Crippen LogP contribution in [0.5, 0.6) is 0 Å². The topological polar surface area (TPSA) is 65.1 Å². The van der Waals surface area contributed by atoms with Gasteiger partial charge in [-0.25, -0.2) is 0 Å². The molecule has 0 bridgehead atoms. The molecule has 0 aliphatic heterocycles. The van der Waals surface area contributed by atoms with Crippen molar-refractivity contribution in [3.05, 3.63) is 16.4 Å². The van der Waals surface area contributed by atoms with Crippen LogP contribution in [0.15, 0.2) is 10.7 Å². The Morgan fingerprint density at radius 3 is 2.67 bits per heavy atom. The summed E-state index contributed by atoms with van der Waals surface area (Å²) in [4.78, 5) is 0. The summed E-state index contributed by atoms with van der Waals surface area (Å²) >= 11 is 3.63. The summed E-state index contributed by atoms with van der Waals surface area (Å²) in [6.45, 7) is 1.41. The van der Waals surface area contributed by atoms with Gasteiger partial charge in [0.1, 0.15) is 0 Å². The average Bonchev–Trinajstić information content (AvgIpc) is 2.81. The predicted octanol–water partition coefficient (Wildman–Crippen LogP) is 3.16. The molecular weight excluding hydrogens is 332 g/mol. The zero-order chi connectivity index (χ0) is 15.1. The van der Waals surface area contributed by atoms with Crippen LogP contribution in [0.2, 0.25) is 0 Å². The highest BCUT2D eigenvalue weighted by Gasteiger charge is 2.27. The summed E-state index contributed by atoms with van der Waals surface area (Å²) < 4.78 is 8.22. The van der Waals surface area contributed by atoms with Crippen molar-refractivity contribution < 1.29 is 4.74 Å². The van der Waals surface area contributed by atoms with Crippen LogP contribution >= 0.6 is 15.9 Å². The van der Waals surface area contributed by atoms with Crippen molar-refractivity contribution in [1.29, 1.82) is 0 Å². The van der Waals surface area contributed by atoms with Crippen molar-refractivity contribution >= 4 is 15.9 Å². The van der Waals surface area contributed by atoms with Crippen molar-refractivity contribution in [2.75, 3.05) is 13.7 Å². The van der Waals surface area contributed by atoms with Crippen LogP contribution in [0, 0.1) is 5.92 Å². The Morgan fingerprint density at radius 1 is 1.38 bits per heavy atom. The normalized spacial score (nSPS) is 19.2. The van der Waals surface area contributed by atoms with Gasteiger partial charge in [0.25, 0.3) is 0 Å². The molecule has 0 saturated heterocycles. The number of rotatable bonds is 6. The summed E-state index contributed by atoms with van der Waals surface area (Å²) in [6, 6.07) is 0.150. The highest BCUT2D eigenvalue weighted by atomic mass is 79.9. The SMILES string of the molecule is COCCn1ncc(Br)c1C(NN)C1CCCCCCC1. The lowest BCUT2D eigenvalue weighted by Crippen LogP contribution is -2.36. The lowest BCUT2D eigenvalue weighted by molar-refractivity contribution is 0.179. The Labute approximate surface area is 135 Å². The number of halogens is 1. The highest BCUT2D eigenvalue weighted by Crippen LogP contribution is 2.35. The van der Waals surface area contributed by atoms with Gasteiger partial charge in [-0.1, -0.05) is 32.1 Å². The van der Waals surface area contributed by atoms with Gasteiger partial charge in [0.2, 0.25) is 0 Å². The van der Waals surface area contributed by atoms with Crippen molar-refractivity contribution in [1.82, 2.24) is 15.2 Å². The van der Waals surface area contributed by atoms with Crippen LogP contribution < -0.4 is 11.3 Å². The van der Waals surface area contributed by atoms with Crippen molar-refractivity contribution in [3.63, 3.8) is 0 Å². The van der Waals surface area contributed by atoms with E-state index in [4.69, 9.17) is 10.6 Å². The number of methoxy groups -OCH3 is 1. The Hall–Kier alpha value is -0.430. The molecule has 0 spiro atoms. The number of hydrazine groups is 1. The highest BCUT2D eigenvalue weighted by molar-refractivity contribution is 9.10. The number of aromatic nitrogens is 2. The summed E-state index contributed by atoms with van der Waals surface area (Å²) in [6.07, 6.45) is 11.0. The van der Waals surface area contributed by atoms with E-state index in [1.807, 2.05) is 10.9 Å². The second-order valence-electron chi connectivity index (χ2n) is 5.84. The maximum absolute atomic E-state index is 5.91. The molecular formula is C15H27BrN4O. The lowest BCUT2D eigenvalue weighted by atomic mass is 9.84. The van der Waals surface area contributed by atoms with Crippen LogP contribution in [0.25, 0.3) is 0 Å². The molecule has 2 rings (SSSR count). The second kappa shape index (κ2) is 8.88. The first-order valence-corrected chi connectivity index (χ1v) is 8.73. The largest absolute Gasteiger partial charge is 0.383 e. The van der Waals surface area contributed by atoms with Gasteiger partial charge in [0, 0.05) is 7.11 Å². The molecule has 1 atom stereocenters. The van der Waals surface area contributed by atoms with Gasteiger partial charge in [-0.05, 0) is 34.7 Å². The number of ether oxygens (including phenoxy) is 1. The van der Waals surface area contributed by atoms with E-state index in [2.05, 4.69) is 26.5 Å². The fourth-order valence-corrected chi connectivity index (χ4v) is 3.84. The molecule has 6 heteroatoms. The maximum Gasteiger partial charge on any atom is 0.0713 e. The first kappa shape index (κ1) is 16.9. The van der Waals surface area contributed by atoms with Crippen molar-refractivity contribution in [2.45, 2.75) is 57.5 Å². The van der Waals surface area contributed by atoms with Crippen LogP contribution in [0.4, 0.5) is 0 Å². The van der Waals surface area contributed by atoms with E-state index in [0.29, 0.717) is 12.5 Å². The Morgan fingerprint density at radius 2 is 2.05 bits per heavy atom. The first-order chi connectivity index (χ1) is 10.3.